The molecule has 0 radical (unpaired) electrons. The molecule has 4 N–H and O–H groups in total. The second-order valence-electron chi connectivity index (χ2n) is 7.29. The highest BCUT2D eigenvalue weighted by molar-refractivity contribution is 5.98. The molecule has 1 fully saturated rings. The quantitative estimate of drug-likeness (QED) is 0.404. The maximum absolute atomic E-state index is 7.64. The van der Waals surface area contributed by atoms with E-state index >= 15 is 0 Å². The molecule has 1 aliphatic heterocycles. The van der Waals surface area contributed by atoms with Gasteiger partial charge in [0.15, 0.2) is 0 Å². The van der Waals surface area contributed by atoms with Gasteiger partial charge in [0.25, 0.3) is 0 Å². The number of nitrogens with two attached hydrogens (primary N) is 1. The predicted molar refractivity (Wildman–Crippen MR) is 114 cm³/mol. The standard InChI is InChI=1S/C22H27N5O2/c1-2-11-27-20-8-3-15(22(23)24)12-19(20)26-21(27)14-28-16-4-6-17(7-5-16)29-18-9-10-25-13-18/h3-8,12,18,25H,2,9-11,13-14H2,1H3,(H3,23,24). The number of benzene rings is 2. The van der Waals surface area contributed by atoms with Crippen LogP contribution in [-0.4, -0.2) is 34.6 Å². The lowest BCUT2D eigenvalue weighted by Gasteiger charge is -2.13. The Balaban J connectivity index is 1.48. The van der Waals surface area contributed by atoms with Crippen LogP contribution in [0.2, 0.25) is 0 Å². The van der Waals surface area contributed by atoms with Gasteiger partial charge in [0.05, 0.1) is 11.0 Å². The van der Waals surface area contributed by atoms with E-state index < -0.39 is 0 Å². The Morgan fingerprint density at radius 2 is 2.03 bits per heavy atom. The van der Waals surface area contributed by atoms with Gasteiger partial charge in [-0.3, -0.25) is 5.41 Å². The number of fused-ring (bicyclic) bond motifs is 1. The van der Waals surface area contributed by atoms with E-state index in [0.29, 0.717) is 12.2 Å². The number of aromatic nitrogens is 2. The number of nitrogens with one attached hydrogen (secondary N) is 2. The van der Waals surface area contributed by atoms with Gasteiger partial charge in [-0.1, -0.05) is 6.92 Å². The molecule has 152 valence electrons. The number of hydrogen-bond acceptors (Lipinski definition) is 5. The lowest BCUT2D eigenvalue weighted by atomic mass is 10.2. The molecule has 1 atom stereocenters. The summed E-state index contributed by atoms with van der Waals surface area (Å²) in [6, 6.07) is 13.4. The highest BCUT2D eigenvalue weighted by Gasteiger charge is 2.16. The fourth-order valence-electron chi connectivity index (χ4n) is 3.61. The number of ether oxygens (including phenoxy) is 2. The van der Waals surface area contributed by atoms with Crippen LogP contribution in [0.5, 0.6) is 11.5 Å². The third-order valence-electron chi connectivity index (χ3n) is 5.10. The van der Waals surface area contributed by atoms with Crippen LogP contribution in [-0.2, 0) is 13.2 Å². The summed E-state index contributed by atoms with van der Waals surface area (Å²) in [5, 5.41) is 10.9. The molecule has 0 spiro atoms. The van der Waals surface area contributed by atoms with Crippen molar-refractivity contribution in [2.45, 2.75) is 39.0 Å². The summed E-state index contributed by atoms with van der Waals surface area (Å²) < 4.78 is 14.1. The van der Waals surface area contributed by atoms with E-state index in [0.717, 1.165) is 60.8 Å². The van der Waals surface area contributed by atoms with Crippen LogP contribution < -0.4 is 20.5 Å². The molecule has 7 heteroatoms. The second-order valence-corrected chi connectivity index (χ2v) is 7.29. The maximum Gasteiger partial charge on any atom is 0.147 e. The first-order valence-electron chi connectivity index (χ1n) is 10.1. The minimum Gasteiger partial charge on any atom is -0.489 e. The van der Waals surface area contributed by atoms with Crippen molar-refractivity contribution in [1.82, 2.24) is 14.9 Å². The topological polar surface area (TPSA) is 98.2 Å². The third-order valence-corrected chi connectivity index (χ3v) is 5.10. The van der Waals surface area contributed by atoms with Crippen molar-refractivity contribution < 1.29 is 9.47 Å². The number of nitrogens with zero attached hydrogens (tertiary/aromatic N) is 2. The summed E-state index contributed by atoms with van der Waals surface area (Å²) in [5.41, 5.74) is 8.16. The van der Waals surface area contributed by atoms with E-state index in [1.54, 1.807) is 0 Å². The van der Waals surface area contributed by atoms with E-state index in [9.17, 15) is 0 Å². The van der Waals surface area contributed by atoms with E-state index in [1.807, 2.05) is 42.5 Å². The summed E-state index contributed by atoms with van der Waals surface area (Å²) in [6.07, 6.45) is 2.28. The molecule has 7 nitrogen and oxygen atoms in total. The Hall–Kier alpha value is -3.06. The molecular weight excluding hydrogens is 366 g/mol. The number of aryl methyl sites for hydroxylation is 1. The minimum absolute atomic E-state index is 0.0467. The molecule has 0 saturated carbocycles. The van der Waals surface area contributed by atoms with E-state index in [2.05, 4.69) is 16.8 Å². The average Bonchev–Trinajstić information content (AvgIpc) is 3.35. The third kappa shape index (κ3) is 4.35. The zero-order valence-electron chi connectivity index (χ0n) is 16.6. The van der Waals surface area contributed by atoms with Crippen molar-refractivity contribution in [3.05, 3.63) is 53.9 Å². The van der Waals surface area contributed by atoms with E-state index in [4.69, 9.17) is 25.6 Å². The number of hydrogen-bond donors (Lipinski definition) is 3. The molecule has 2 aromatic carbocycles. The molecule has 1 saturated heterocycles. The molecule has 1 aliphatic rings. The van der Waals surface area contributed by atoms with Gasteiger partial charge in [0.1, 0.15) is 35.9 Å². The first kappa shape index (κ1) is 19.3. The molecular formula is C22H27N5O2. The van der Waals surface area contributed by atoms with Crippen LogP contribution >= 0.6 is 0 Å². The summed E-state index contributed by atoms with van der Waals surface area (Å²) in [4.78, 5) is 4.73. The molecule has 1 unspecified atom stereocenters. The summed E-state index contributed by atoms with van der Waals surface area (Å²) in [5.74, 6) is 2.55. The van der Waals surface area contributed by atoms with E-state index in [-0.39, 0.29) is 11.9 Å². The van der Waals surface area contributed by atoms with Crippen LogP contribution in [0, 0.1) is 5.41 Å². The Kier molecular flexibility index (Phi) is 5.67. The summed E-state index contributed by atoms with van der Waals surface area (Å²) in [6.45, 7) is 5.28. The zero-order chi connectivity index (χ0) is 20.2. The van der Waals surface area contributed by atoms with Crippen LogP contribution in [0.3, 0.4) is 0 Å². The number of amidine groups is 1. The lowest BCUT2D eigenvalue weighted by molar-refractivity contribution is 0.222. The fourth-order valence-corrected chi connectivity index (χ4v) is 3.61. The fraction of sp³-hybridized carbons (Fsp3) is 0.364. The monoisotopic (exact) mass is 393 g/mol. The normalized spacial score (nSPS) is 16.2. The van der Waals surface area contributed by atoms with Gasteiger partial charge in [0, 0.05) is 18.7 Å². The van der Waals surface area contributed by atoms with Gasteiger partial charge >= 0.3 is 0 Å². The van der Waals surface area contributed by atoms with Crippen molar-refractivity contribution >= 4 is 16.9 Å². The van der Waals surface area contributed by atoms with Crippen molar-refractivity contribution in [3.8, 4) is 11.5 Å². The molecule has 0 amide bonds. The van der Waals surface area contributed by atoms with Gasteiger partial charge in [-0.05, 0) is 61.9 Å². The lowest BCUT2D eigenvalue weighted by Crippen LogP contribution is -2.19. The predicted octanol–water partition coefficient (Wildman–Crippen LogP) is 3.05. The molecule has 0 aliphatic carbocycles. The van der Waals surface area contributed by atoms with Gasteiger partial charge in [-0.25, -0.2) is 4.98 Å². The Morgan fingerprint density at radius 1 is 1.24 bits per heavy atom. The van der Waals surface area contributed by atoms with Crippen molar-refractivity contribution in [3.63, 3.8) is 0 Å². The molecule has 1 aromatic heterocycles. The Bertz CT molecular complexity index is 990. The largest absolute Gasteiger partial charge is 0.489 e. The van der Waals surface area contributed by atoms with Crippen molar-refractivity contribution in [1.29, 1.82) is 5.41 Å². The van der Waals surface area contributed by atoms with Crippen LogP contribution in [0.4, 0.5) is 0 Å². The van der Waals surface area contributed by atoms with Crippen LogP contribution in [0.1, 0.15) is 31.2 Å². The number of rotatable bonds is 8. The van der Waals surface area contributed by atoms with E-state index in [1.165, 1.54) is 0 Å². The number of nitrogen functional groups attached to an aromatic ring is 1. The van der Waals surface area contributed by atoms with Crippen molar-refractivity contribution in [2.75, 3.05) is 13.1 Å². The second kappa shape index (κ2) is 8.53. The van der Waals surface area contributed by atoms with Gasteiger partial charge in [-0.2, -0.15) is 0 Å². The smallest absolute Gasteiger partial charge is 0.147 e. The minimum atomic E-state index is 0.0467. The van der Waals surface area contributed by atoms with Gasteiger partial charge < -0.3 is 25.1 Å². The number of imidazole rings is 1. The first-order chi connectivity index (χ1) is 14.1. The molecule has 0 bridgehead atoms. The summed E-state index contributed by atoms with van der Waals surface area (Å²) in [7, 11) is 0. The van der Waals surface area contributed by atoms with Crippen molar-refractivity contribution in [2.24, 2.45) is 5.73 Å². The molecule has 4 rings (SSSR count). The summed E-state index contributed by atoms with van der Waals surface area (Å²) >= 11 is 0. The molecule has 2 heterocycles. The highest BCUT2D eigenvalue weighted by Crippen LogP contribution is 2.23. The van der Waals surface area contributed by atoms with Crippen LogP contribution in [0.15, 0.2) is 42.5 Å². The Morgan fingerprint density at radius 3 is 2.72 bits per heavy atom. The van der Waals surface area contributed by atoms with Crippen LogP contribution in [0.25, 0.3) is 11.0 Å². The zero-order valence-corrected chi connectivity index (χ0v) is 16.6. The molecule has 3 aromatic rings. The highest BCUT2D eigenvalue weighted by atomic mass is 16.5. The maximum atomic E-state index is 7.64. The molecule has 29 heavy (non-hydrogen) atoms. The average molecular weight is 393 g/mol. The first-order valence-corrected chi connectivity index (χ1v) is 10.1. The SMILES string of the molecule is CCCn1c(COc2ccc(OC3CCNC3)cc2)nc2cc(C(=N)N)ccc21. The van der Waals surface area contributed by atoms with Gasteiger partial charge in [-0.15, -0.1) is 0 Å². The van der Waals surface area contributed by atoms with Gasteiger partial charge in [0.2, 0.25) is 0 Å². The Labute approximate surface area is 170 Å².